The van der Waals surface area contributed by atoms with E-state index >= 15 is 0 Å². The van der Waals surface area contributed by atoms with Gasteiger partial charge in [-0.2, -0.15) is 5.10 Å². The number of aromatic nitrogens is 2. The molecule has 1 N–H and O–H groups in total. The molecule has 0 radical (unpaired) electrons. The number of carbonyl (C=O) groups excluding carboxylic acids is 1. The van der Waals surface area contributed by atoms with Gasteiger partial charge in [-0.05, 0) is 54.4 Å². The molecule has 1 heterocycles. The van der Waals surface area contributed by atoms with E-state index in [1.165, 1.54) is 16.9 Å². The predicted octanol–water partition coefficient (Wildman–Crippen LogP) is 4.54. The van der Waals surface area contributed by atoms with Crippen molar-refractivity contribution < 1.29 is 9.18 Å². The number of halogens is 2. The minimum atomic E-state index is -0.431. The van der Waals surface area contributed by atoms with E-state index in [-0.39, 0.29) is 11.7 Å². The fourth-order valence-corrected chi connectivity index (χ4v) is 5.18. The highest BCUT2D eigenvalue weighted by atomic mass is 35.5. The molecule has 26 heavy (non-hydrogen) atoms. The lowest BCUT2D eigenvalue weighted by Crippen LogP contribution is -2.47. The molecule has 1 amide bonds. The van der Waals surface area contributed by atoms with Gasteiger partial charge < -0.3 is 5.32 Å². The number of nitrogens with zero attached hydrogens (tertiary/aromatic N) is 2. The standard InChI is InChI=1S/C20H23ClFN3O/c1-3-4-5-16-13-8-9-20(16,17-7-6-12(22)10-14(13)17)24-19(26)15-11-23-25(2)18(15)21/h6-7,10-11,13,16H,3-5,8-9H2,1-2H3,(H,24,26). The molecule has 138 valence electrons. The van der Waals surface area contributed by atoms with Gasteiger partial charge >= 0.3 is 0 Å². The fourth-order valence-electron chi connectivity index (χ4n) is 5.01. The highest BCUT2D eigenvalue weighted by molar-refractivity contribution is 6.32. The highest BCUT2D eigenvalue weighted by Crippen LogP contribution is 2.61. The first-order valence-electron chi connectivity index (χ1n) is 9.28. The maximum Gasteiger partial charge on any atom is 0.256 e. The smallest absolute Gasteiger partial charge is 0.256 e. The van der Waals surface area contributed by atoms with Crippen molar-refractivity contribution in [1.82, 2.24) is 15.1 Å². The van der Waals surface area contributed by atoms with E-state index in [0.29, 0.717) is 22.6 Å². The number of fused-ring (bicyclic) bond motifs is 5. The number of rotatable bonds is 5. The van der Waals surface area contributed by atoms with Crippen LogP contribution in [0, 0.1) is 11.7 Å². The molecule has 2 aliphatic rings. The normalized spacial score (nSPS) is 26.2. The Bertz CT molecular complexity index is 865. The van der Waals surface area contributed by atoms with Crippen molar-refractivity contribution in [2.45, 2.75) is 50.5 Å². The van der Waals surface area contributed by atoms with E-state index in [9.17, 15) is 9.18 Å². The first-order valence-corrected chi connectivity index (χ1v) is 9.65. The van der Waals surface area contributed by atoms with Gasteiger partial charge in [0.25, 0.3) is 5.91 Å². The van der Waals surface area contributed by atoms with Crippen molar-refractivity contribution in [3.8, 4) is 0 Å². The summed E-state index contributed by atoms with van der Waals surface area (Å²) in [6.45, 7) is 2.17. The molecule has 1 aromatic heterocycles. The summed E-state index contributed by atoms with van der Waals surface area (Å²) >= 11 is 6.22. The molecule has 2 aromatic rings. The van der Waals surface area contributed by atoms with Crippen molar-refractivity contribution in [3.05, 3.63) is 52.1 Å². The van der Waals surface area contributed by atoms with Crippen molar-refractivity contribution in [3.63, 3.8) is 0 Å². The summed E-state index contributed by atoms with van der Waals surface area (Å²) in [4.78, 5) is 13.0. The van der Waals surface area contributed by atoms with Crippen molar-refractivity contribution in [2.75, 3.05) is 0 Å². The molecule has 3 atom stereocenters. The van der Waals surface area contributed by atoms with Crippen LogP contribution in [0.3, 0.4) is 0 Å². The average Bonchev–Trinajstić information content (AvgIpc) is 3.21. The quantitative estimate of drug-likeness (QED) is 0.834. The SMILES string of the molecule is CCCCC1C2CCC1(NC(=O)c1cnn(C)c1Cl)c1ccc(F)cc12. The van der Waals surface area contributed by atoms with Gasteiger partial charge in [-0.1, -0.05) is 37.4 Å². The van der Waals surface area contributed by atoms with Gasteiger partial charge in [0.2, 0.25) is 0 Å². The summed E-state index contributed by atoms with van der Waals surface area (Å²) in [7, 11) is 1.71. The third-order valence-electron chi connectivity index (χ3n) is 6.18. The van der Waals surface area contributed by atoms with Crippen molar-refractivity contribution in [2.24, 2.45) is 13.0 Å². The van der Waals surface area contributed by atoms with E-state index in [2.05, 4.69) is 17.3 Å². The Morgan fingerprint density at radius 1 is 1.50 bits per heavy atom. The molecule has 0 aliphatic heterocycles. The molecule has 4 nitrogen and oxygen atoms in total. The van der Waals surface area contributed by atoms with Gasteiger partial charge in [-0.15, -0.1) is 0 Å². The first kappa shape index (κ1) is 17.5. The zero-order valence-corrected chi connectivity index (χ0v) is 15.8. The Kier molecular flexibility index (Phi) is 4.30. The van der Waals surface area contributed by atoms with Crippen molar-refractivity contribution in [1.29, 1.82) is 0 Å². The monoisotopic (exact) mass is 375 g/mol. The molecule has 1 aromatic carbocycles. The van der Waals surface area contributed by atoms with Crippen molar-refractivity contribution >= 4 is 17.5 Å². The van der Waals surface area contributed by atoms with Crippen LogP contribution in [0.1, 0.15) is 66.4 Å². The average molecular weight is 376 g/mol. The molecule has 3 unspecified atom stereocenters. The van der Waals surface area contributed by atoms with E-state index in [1.807, 2.05) is 6.07 Å². The minimum Gasteiger partial charge on any atom is -0.342 e. The minimum absolute atomic E-state index is 0.206. The summed E-state index contributed by atoms with van der Waals surface area (Å²) in [5, 5.41) is 7.69. The molecule has 1 fully saturated rings. The summed E-state index contributed by atoms with van der Waals surface area (Å²) in [6.07, 6.45) is 6.59. The second-order valence-corrected chi connectivity index (χ2v) is 7.88. The summed E-state index contributed by atoms with van der Waals surface area (Å²) in [5.41, 5.74) is 2.09. The first-order chi connectivity index (χ1) is 12.5. The molecule has 6 heteroatoms. The van der Waals surface area contributed by atoms with Gasteiger partial charge in [0.1, 0.15) is 11.0 Å². The lowest BCUT2D eigenvalue weighted by molar-refractivity contribution is 0.0868. The van der Waals surface area contributed by atoms with Crippen LogP contribution in [0.2, 0.25) is 5.15 Å². The Morgan fingerprint density at radius 3 is 3.00 bits per heavy atom. The van der Waals surface area contributed by atoms with Gasteiger partial charge in [0.05, 0.1) is 17.3 Å². The van der Waals surface area contributed by atoms with Crippen LogP contribution in [0.15, 0.2) is 24.4 Å². The fraction of sp³-hybridized carbons (Fsp3) is 0.500. The molecule has 0 spiro atoms. The lowest BCUT2D eigenvalue weighted by atomic mass is 9.81. The highest BCUT2D eigenvalue weighted by Gasteiger charge is 2.57. The Morgan fingerprint density at radius 2 is 2.31 bits per heavy atom. The van der Waals surface area contributed by atoms with Crippen LogP contribution in [-0.2, 0) is 12.6 Å². The Hall–Kier alpha value is -1.88. The molecular weight excluding hydrogens is 353 g/mol. The molecule has 1 saturated carbocycles. The zero-order chi connectivity index (χ0) is 18.5. The largest absolute Gasteiger partial charge is 0.342 e. The Labute approximate surface area is 157 Å². The topological polar surface area (TPSA) is 46.9 Å². The third-order valence-corrected chi connectivity index (χ3v) is 6.63. The predicted molar refractivity (Wildman–Crippen MR) is 98.8 cm³/mol. The van der Waals surface area contributed by atoms with Crippen LogP contribution in [-0.4, -0.2) is 15.7 Å². The van der Waals surface area contributed by atoms with Gasteiger partial charge in [0, 0.05) is 7.05 Å². The molecule has 2 bridgehead atoms. The van der Waals surface area contributed by atoms with Gasteiger partial charge in [0.15, 0.2) is 0 Å². The molecule has 2 aliphatic carbocycles. The van der Waals surface area contributed by atoms with Crippen LogP contribution >= 0.6 is 11.6 Å². The third kappa shape index (κ3) is 2.48. The summed E-state index contributed by atoms with van der Waals surface area (Å²) in [5.74, 6) is 0.209. The van der Waals surface area contributed by atoms with Gasteiger partial charge in [-0.3, -0.25) is 9.48 Å². The summed E-state index contributed by atoms with van der Waals surface area (Å²) < 4.78 is 15.3. The molecule has 0 saturated heterocycles. The van der Waals surface area contributed by atoms with Gasteiger partial charge in [-0.25, -0.2) is 4.39 Å². The number of unbranched alkanes of at least 4 members (excludes halogenated alkanes) is 1. The number of benzene rings is 1. The second-order valence-electron chi connectivity index (χ2n) is 7.52. The van der Waals surface area contributed by atoms with Crippen LogP contribution in [0.5, 0.6) is 0 Å². The Balaban J connectivity index is 1.73. The second kappa shape index (κ2) is 6.38. The molecular formula is C20H23ClFN3O. The number of hydrogen-bond donors (Lipinski definition) is 1. The van der Waals surface area contributed by atoms with Crippen LogP contribution < -0.4 is 5.32 Å². The molecule has 4 rings (SSSR count). The van der Waals surface area contributed by atoms with Crippen LogP contribution in [0.25, 0.3) is 0 Å². The maximum atomic E-state index is 13.9. The number of aryl methyl sites for hydroxylation is 1. The zero-order valence-electron chi connectivity index (χ0n) is 15.1. The lowest BCUT2D eigenvalue weighted by Gasteiger charge is -2.34. The maximum absolute atomic E-state index is 13.9. The van der Waals surface area contributed by atoms with E-state index in [1.54, 1.807) is 13.1 Å². The van der Waals surface area contributed by atoms with E-state index in [4.69, 9.17) is 11.6 Å². The number of nitrogens with one attached hydrogen (secondary N) is 1. The number of hydrogen-bond acceptors (Lipinski definition) is 2. The summed E-state index contributed by atoms with van der Waals surface area (Å²) in [6, 6.07) is 5.01. The van der Waals surface area contributed by atoms with Crippen LogP contribution in [0.4, 0.5) is 4.39 Å². The number of carbonyl (C=O) groups is 1. The van der Waals surface area contributed by atoms with E-state index < -0.39 is 5.54 Å². The van der Waals surface area contributed by atoms with E-state index in [0.717, 1.165) is 43.2 Å². The number of amides is 1.